The molecule has 0 bridgehead atoms. The topological polar surface area (TPSA) is 125 Å². The van der Waals surface area contributed by atoms with Crippen molar-refractivity contribution in [2.75, 3.05) is 44.5 Å². The zero-order valence-corrected chi connectivity index (χ0v) is 21.0. The molecule has 1 atom stereocenters. The Hall–Kier alpha value is -2.33. The van der Waals surface area contributed by atoms with Crippen LogP contribution in [0.1, 0.15) is 41.0 Å². The van der Waals surface area contributed by atoms with E-state index in [0.29, 0.717) is 11.3 Å². The Bertz CT molecular complexity index is 729. The number of esters is 4. The maximum atomic E-state index is 12.7. The Balaban J connectivity index is 4.98. The fourth-order valence-electron chi connectivity index (χ4n) is 2.74. The van der Waals surface area contributed by atoms with E-state index in [-0.39, 0.29) is 50.8 Å². The van der Waals surface area contributed by atoms with Crippen LogP contribution in [0.3, 0.4) is 0 Å². The lowest BCUT2D eigenvalue weighted by molar-refractivity contribution is -0.164. The highest BCUT2D eigenvalue weighted by molar-refractivity contribution is 7.99. The van der Waals surface area contributed by atoms with Gasteiger partial charge in [0, 0.05) is 22.7 Å². The molecule has 1 unspecified atom stereocenters. The van der Waals surface area contributed by atoms with Crippen LogP contribution in [0.15, 0.2) is 24.3 Å². The van der Waals surface area contributed by atoms with Crippen molar-refractivity contribution in [1.82, 2.24) is 0 Å². The molecule has 0 rings (SSSR count). The van der Waals surface area contributed by atoms with Crippen molar-refractivity contribution in [1.29, 1.82) is 0 Å². The molecule has 0 aromatic carbocycles. The molecule has 33 heavy (non-hydrogen) atoms. The van der Waals surface area contributed by atoms with E-state index < -0.39 is 34.7 Å². The highest BCUT2D eigenvalue weighted by atomic mass is 32.2. The normalized spacial score (nSPS) is 12.8. The number of carbonyl (C=O) groups excluding carboxylic acids is 4. The second-order valence-electron chi connectivity index (χ2n) is 8.50. The average Bonchev–Trinajstić information content (AvgIpc) is 2.73. The predicted octanol–water partition coefficient (Wildman–Crippen LogP) is 2.46. The molecule has 0 spiro atoms. The zero-order valence-electron chi connectivity index (χ0n) is 20.2. The summed E-state index contributed by atoms with van der Waals surface area (Å²) in [5, 5.41) is 8.98. The highest BCUT2D eigenvalue weighted by Gasteiger charge is 2.44. The SMILES string of the molecule is C=C(C)C(=O)OCCOC(=O)C(C)(C)CC(C)(CSCCOC(=O)C(=C)C)C(=O)OCCO. The first-order valence-electron chi connectivity index (χ1n) is 10.4. The number of aliphatic hydroxyl groups excluding tert-OH is 1. The maximum Gasteiger partial charge on any atom is 0.333 e. The molecular formula is C23H36O9S. The summed E-state index contributed by atoms with van der Waals surface area (Å²) in [6.45, 7) is 14.4. The van der Waals surface area contributed by atoms with E-state index in [2.05, 4.69) is 13.2 Å². The van der Waals surface area contributed by atoms with Crippen molar-refractivity contribution in [3.8, 4) is 0 Å². The summed E-state index contributed by atoms with van der Waals surface area (Å²) >= 11 is 1.37. The Morgan fingerprint density at radius 3 is 1.79 bits per heavy atom. The monoisotopic (exact) mass is 488 g/mol. The third-order valence-corrected chi connectivity index (χ3v) is 5.63. The van der Waals surface area contributed by atoms with Gasteiger partial charge in [0.2, 0.25) is 0 Å². The van der Waals surface area contributed by atoms with Gasteiger partial charge in [-0.1, -0.05) is 13.2 Å². The first-order chi connectivity index (χ1) is 15.3. The van der Waals surface area contributed by atoms with Crippen LogP contribution in [0, 0.1) is 10.8 Å². The Kier molecular flexibility index (Phi) is 13.7. The fourth-order valence-corrected chi connectivity index (χ4v) is 3.76. The number of thioether (sulfide) groups is 1. The average molecular weight is 489 g/mol. The third kappa shape index (κ3) is 11.9. The smallest absolute Gasteiger partial charge is 0.333 e. The molecule has 0 aliphatic heterocycles. The van der Waals surface area contributed by atoms with Crippen LogP contribution in [0.4, 0.5) is 0 Å². The van der Waals surface area contributed by atoms with Crippen LogP contribution in [-0.2, 0) is 38.1 Å². The molecule has 10 heteroatoms. The third-order valence-electron chi connectivity index (χ3n) is 4.33. The number of rotatable bonds is 16. The number of hydrogen-bond acceptors (Lipinski definition) is 10. The highest BCUT2D eigenvalue weighted by Crippen LogP contribution is 2.38. The van der Waals surface area contributed by atoms with Gasteiger partial charge in [0.05, 0.1) is 17.4 Å². The van der Waals surface area contributed by atoms with Crippen molar-refractivity contribution in [2.24, 2.45) is 10.8 Å². The van der Waals surface area contributed by atoms with Gasteiger partial charge in [0.25, 0.3) is 0 Å². The zero-order chi connectivity index (χ0) is 25.7. The lowest BCUT2D eigenvalue weighted by Gasteiger charge is -2.34. The first-order valence-corrected chi connectivity index (χ1v) is 11.6. The van der Waals surface area contributed by atoms with E-state index >= 15 is 0 Å². The van der Waals surface area contributed by atoms with Crippen molar-refractivity contribution in [3.05, 3.63) is 24.3 Å². The fraction of sp³-hybridized carbons (Fsp3) is 0.652. The molecule has 0 fully saturated rings. The van der Waals surface area contributed by atoms with Crippen LogP contribution in [0.2, 0.25) is 0 Å². The van der Waals surface area contributed by atoms with Gasteiger partial charge in [-0.25, -0.2) is 9.59 Å². The van der Waals surface area contributed by atoms with Gasteiger partial charge in [0.1, 0.15) is 26.4 Å². The molecule has 0 aromatic heterocycles. The molecule has 1 N–H and O–H groups in total. The predicted molar refractivity (Wildman–Crippen MR) is 124 cm³/mol. The van der Waals surface area contributed by atoms with Gasteiger partial charge in [-0.15, -0.1) is 0 Å². The first kappa shape index (κ1) is 30.7. The van der Waals surface area contributed by atoms with E-state index in [1.54, 1.807) is 27.7 Å². The van der Waals surface area contributed by atoms with Crippen LogP contribution >= 0.6 is 11.8 Å². The second-order valence-corrected chi connectivity index (χ2v) is 9.61. The number of ether oxygens (including phenoxy) is 4. The largest absolute Gasteiger partial charge is 0.463 e. The molecule has 0 aliphatic rings. The van der Waals surface area contributed by atoms with E-state index in [4.69, 9.17) is 24.1 Å². The lowest BCUT2D eigenvalue weighted by Crippen LogP contribution is -2.41. The standard InChI is InChI=1S/C23H36O9S/c1-16(2)18(25)29-10-11-32-20(27)22(5,6)14-23(7,21(28)31-9-8-24)15-33-13-12-30-19(26)17(3)4/h24H,1,3,8-15H2,2,4-7H3. The van der Waals surface area contributed by atoms with Crippen molar-refractivity contribution < 1.29 is 43.2 Å². The van der Waals surface area contributed by atoms with Crippen molar-refractivity contribution in [2.45, 2.75) is 41.0 Å². The summed E-state index contributed by atoms with van der Waals surface area (Å²) in [7, 11) is 0. The molecule has 0 saturated heterocycles. The summed E-state index contributed by atoms with van der Waals surface area (Å²) in [6, 6.07) is 0. The minimum atomic E-state index is -1.08. The van der Waals surface area contributed by atoms with Gasteiger partial charge in [-0.2, -0.15) is 11.8 Å². The Labute approximate surface area is 199 Å². The van der Waals surface area contributed by atoms with E-state index in [9.17, 15) is 19.2 Å². The van der Waals surface area contributed by atoms with Crippen LogP contribution in [-0.4, -0.2) is 73.5 Å². The van der Waals surface area contributed by atoms with Crippen LogP contribution < -0.4 is 0 Å². The van der Waals surface area contributed by atoms with Crippen LogP contribution in [0.25, 0.3) is 0 Å². The van der Waals surface area contributed by atoms with Gasteiger partial charge in [0.15, 0.2) is 0 Å². The van der Waals surface area contributed by atoms with Crippen molar-refractivity contribution in [3.63, 3.8) is 0 Å². The summed E-state index contributed by atoms with van der Waals surface area (Å²) in [4.78, 5) is 48.2. The Morgan fingerprint density at radius 1 is 0.788 bits per heavy atom. The van der Waals surface area contributed by atoms with E-state index in [0.717, 1.165) is 0 Å². The summed E-state index contributed by atoms with van der Waals surface area (Å²) in [6.07, 6.45) is 0.104. The van der Waals surface area contributed by atoms with Gasteiger partial charge >= 0.3 is 23.9 Å². The minimum Gasteiger partial charge on any atom is -0.463 e. The van der Waals surface area contributed by atoms with Gasteiger partial charge in [-0.05, 0) is 41.0 Å². The molecule has 9 nitrogen and oxygen atoms in total. The molecule has 0 saturated carbocycles. The molecule has 0 amide bonds. The summed E-state index contributed by atoms with van der Waals surface area (Å²) < 4.78 is 20.3. The molecule has 0 radical (unpaired) electrons. The number of aliphatic hydroxyl groups is 1. The molecule has 0 heterocycles. The van der Waals surface area contributed by atoms with Gasteiger partial charge in [-0.3, -0.25) is 9.59 Å². The molecule has 0 aromatic rings. The number of hydrogen-bond donors (Lipinski definition) is 1. The van der Waals surface area contributed by atoms with Crippen molar-refractivity contribution >= 4 is 35.6 Å². The van der Waals surface area contributed by atoms with E-state index in [1.165, 1.54) is 18.7 Å². The van der Waals surface area contributed by atoms with E-state index in [1.807, 2.05) is 0 Å². The second kappa shape index (κ2) is 14.7. The lowest BCUT2D eigenvalue weighted by atomic mass is 9.75. The van der Waals surface area contributed by atoms with Gasteiger partial charge < -0.3 is 24.1 Å². The molecular weight excluding hydrogens is 452 g/mol. The number of carbonyl (C=O) groups is 4. The molecule has 188 valence electrons. The van der Waals surface area contributed by atoms with Crippen LogP contribution in [0.5, 0.6) is 0 Å². The quantitative estimate of drug-likeness (QED) is 0.150. The Morgan fingerprint density at radius 2 is 1.27 bits per heavy atom. The molecule has 0 aliphatic carbocycles. The summed E-state index contributed by atoms with van der Waals surface area (Å²) in [5.41, 5.74) is -1.59. The maximum absolute atomic E-state index is 12.7. The minimum absolute atomic E-state index is 0.104. The summed E-state index contributed by atoms with van der Waals surface area (Å²) in [5.74, 6) is -1.46.